The molecule has 0 fully saturated rings. The first kappa shape index (κ1) is 17.1. The van der Waals surface area contributed by atoms with Crippen LogP contribution in [0.25, 0.3) is 0 Å². The van der Waals surface area contributed by atoms with E-state index >= 15 is 0 Å². The fourth-order valence-electron chi connectivity index (χ4n) is 1.60. The fourth-order valence-corrected chi connectivity index (χ4v) is 2.66. The van der Waals surface area contributed by atoms with Crippen LogP contribution in [-0.2, 0) is 19.6 Å². The van der Waals surface area contributed by atoms with Gasteiger partial charge in [0, 0.05) is 6.54 Å². The molecular formula is C13H17NO6S. The van der Waals surface area contributed by atoms with Crippen LogP contribution in [0.5, 0.6) is 0 Å². The minimum absolute atomic E-state index is 0.0803. The number of hydrogen-bond donors (Lipinski definition) is 2. The van der Waals surface area contributed by atoms with Crippen LogP contribution in [0, 0.1) is 6.92 Å². The summed E-state index contributed by atoms with van der Waals surface area (Å²) in [5, 5.41) is 8.99. The van der Waals surface area contributed by atoms with Crippen LogP contribution in [0.4, 0.5) is 0 Å². The molecule has 0 aliphatic rings. The smallest absolute Gasteiger partial charge is 0.335 e. The maximum atomic E-state index is 12.0. The van der Waals surface area contributed by atoms with Crippen molar-refractivity contribution >= 4 is 22.0 Å². The molecule has 0 spiro atoms. The lowest BCUT2D eigenvalue weighted by Gasteiger charge is -2.08. The Hall–Kier alpha value is -1.93. The van der Waals surface area contributed by atoms with Crippen LogP contribution in [0.3, 0.4) is 0 Å². The topological polar surface area (TPSA) is 110 Å². The van der Waals surface area contributed by atoms with Crippen molar-refractivity contribution in [2.45, 2.75) is 25.2 Å². The molecule has 0 saturated heterocycles. The van der Waals surface area contributed by atoms with Gasteiger partial charge in [0.1, 0.15) is 0 Å². The molecule has 0 aliphatic carbocycles. The van der Waals surface area contributed by atoms with Gasteiger partial charge in [0.2, 0.25) is 10.0 Å². The van der Waals surface area contributed by atoms with Crippen molar-refractivity contribution in [3.05, 3.63) is 29.3 Å². The van der Waals surface area contributed by atoms with E-state index in [9.17, 15) is 18.0 Å². The lowest BCUT2D eigenvalue weighted by atomic mass is 10.1. The molecule has 2 N–H and O–H groups in total. The van der Waals surface area contributed by atoms with Gasteiger partial charge in [-0.25, -0.2) is 17.9 Å². The minimum Gasteiger partial charge on any atom is -0.478 e. The lowest BCUT2D eigenvalue weighted by molar-refractivity contribution is -0.142. The second kappa shape index (κ2) is 7.19. The summed E-state index contributed by atoms with van der Waals surface area (Å²) in [7, 11) is -3.86. The first-order chi connectivity index (χ1) is 9.77. The maximum Gasteiger partial charge on any atom is 0.335 e. The highest BCUT2D eigenvalue weighted by molar-refractivity contribution is 7.89. The molecule has 0 amide bonds. The Kier molecular flexibility index (Phi) is 5.86. The van der Waals surface area contributed by atoms with E-state index in [1.165, 1.54) is 12.1 Å². The van der Waals surface area contributed by atoms with Crippen molar-refractivity contribution < 1.29 is 27.9 Å². The van der Waals surface area contributed by atoms with E-state index in [0.29, 0.717) is 5.56 Å². The van der Waals surface area contributed by atoms with Crippen molar-refractivity contribution in [3.63, 3.8) is 0 Å². The van der Waals surface area contributed by atoms with Crippen LogP contribution in [-0.4, -0.2) is 38.6 Å². The average molecular weight is 315 g/mol. The molecular weight excluding hydrogens is 298 g/mol. The number of carboxylic acid groups (broad SMARTS) is 1. The van der Waals surface area contributed by atoms with Crippen LogP contribution in [0.2, 0.25) is 0 Å². The van der Waals surface area contributed by atoms with Crippen molar-refractivity contribution in [2.24, 2.45) is 0 Å². The number of nitrogens with one attached hydrogen (secondary N) is 1. The van der Waals surface area contributed by atoms with Gasteiger partial charge in [-0.05, 0) is 31.5 Å². The Morgan fingerprint density at radius 3 is 2.57 bits per heavy atom. The third kappa shape index (κ3) is 4.83. The number of benzene rings is 1. The number of aromatic carboxylic acids is 1. The van der Waals surface area contributed by atoms with Crippen molar-refractivity contribution in [3.8, 4) is 0 Å². The van der Waals surface area contributed by atoms with Crippen LogP contribution < -0.4 is 4.72 Å². The number of rotatable bonds is 7. The number of esters is 1. The Bertz CT molecular complexity index is 638. The van der Waals surface area contributed by atoms with Gasteiger partial charge in [0.25, 0.3) is 0 Å². The summed E-state index contributed by atoms with van der Waals surface area (Å²) in [4.78, 5) is 22.0. The molecule has 0 bridgehead atoms. The molecule has 1 aromatic carbocycles. The Morgan fingerprint density at radius 1 is 1.33 bits per heavy atom. The first-order valence-electron chi connectivity index (χ1n) is 6.27. The van der Waals surface area contributed by atoms with Crippen LogP contribution >= 0.6 is 0 Å². The standard InChI is InChI=1S/C13H17NO6S/c1-3-20-12(15)6-7-14-21(18,19)10-5-4-9(2)11(8-10)13(16)17/h4-5,8,14H,3,6-7H2,1-2H3,(H,16,17). The number of aryl methyl sites for hydroxylation is 1. The fraction of sp³-hybridized carbons (Fsp3) is 0.385. The van der Waals surface area contributed by atoms with Gasteiger partial charge in [0.15, 0.2) is 0 Å². The van der Waals surface area contributed by atoms with Gasteiger partial charge >= 0.3 is 11.9 Å². The molecule has 0 atom stereocenters. The molecule has 0 saturated carbocycles. The maximum absolute atomic E-state index is 12.0. The molecule has 7 nitrogen and oxygen atoms in total. The van der Waals surface area contributed by atoms with Gasteiger partial charge in [-0.3, -0.25) is 4.79 Å². The normalized spacial score (nSPS) is 11.1. The molecule has 21 heavy (non-hydrogen) atoms. The Balaban J connectivity index is 2.81. The SMILES string of the molecule is CCOC(=O)CCNS(=O)(=O)c1ccc(C)c(C(=O)O)c1. The molecule has 0 aromatic heterocycles. The van der Waals surface area contributed by atoms with E-state index < -0.39 is 22.0 Å². The minimum atomic E-state index is -3.86. The van der Waals surface area contributed by atoms with E-state index in [1.54, 1.807) is 13.8 Å². The van der Waals surface area contributed by atoms with Crippen LogP contribution in [0.15, 0.2) is 23.1 Å². The van der Waals surface area contributed by atoms with Crippen LogP contribution in [0.1, 0.15) is 29.3 Å². The van der Waals surface area contributed by atoms with Gasteiger partial charge < -0.3 is 9.84 Å². The van der Waals surface area contributed by atoms with Gasteiger partial charge in [-0.2, -0.15) is 0 Å². The Labute approximate surface area is 123 Å². The molecule has 116 valence electrons. The summed E-state index contributed by atoms with van der Waals surface area (Å²) in [6.45, 7) is 3.35. The summed E-state index contributed by atoms with van der Waals surface area (Å²) in [5.41, 5.74) is 0.385. The van der Waals surface area contributed by atoms with Gasteiger partial charge in [-0.1, -0.05) is 6.07 Å². The van der Waals surface area contributed by atoms with E-state index in [2.05, 4.69) is 9.46 Å². The Morgan fingerprint density at radius 2 is 2.00 bits per heavy atom. The zero-order valence-electron chi connectivity index (χ0n) is 11.8. The highest BCUT2D eigenvalue weighted by atomic mass is 32.2. The quantitative estimate of drug-likeness (QED) is 0.724. The van der Waals surface area contributed by atoms with Crippen molar-refractivity contribution in [1.29, 1.82) is 0 Å². The second-order valence-electron chi connectivity index (χ2n) is 4.23. The predicted molar refractivity (Wildman–Crippen MR) is 74.6 cm³/mol. The lowest BCUT2D eigenvalue weighted by Crippen LogP contribution is -2.27. The number of sulfonamides is 1. The summed E-state index contributed by atoms with van der Waals surface area (Å²) >= 11 is 0. The average Bonchev–Trinajstić information content (AvgIpc) is 2.38. The molecule has 8 heteroatoms. The third-order valence-corrected chi connectivity index (χ3v) is 4.13. The summed E-state index contributed by atoms with van der Waals surface area (Å²) in [6.07, 6.45) is -0.0925. The van der Waals surface area contributed by atoms with Gasteiger partial charge in [0.05, 0.1) is 23.5 Å². The number of carboxylic acids is 1. The number of carbonyl (C=O) groups is 2. The summed E-state index contributed by atoms with van der Waals surface area (Å²) in [6, 6.07) is 3.82. The number of hydrogen-bond acceptors (Lipinski definition) is 5. The second-order valence-corrected chi connectivity index (χ2v) is 6.00. The van der Waals surface area contributed by atoms with Crippen molar-refractivity contribution in [2.75, 3.05) is 13.2 Å². The monoisotopic (exact) mass is 315 g/mol. The predicted octanol–water partition coefficient (Wildman–Crippen LogP) is 0.925. The highest BCUT2D eigenvalue weighted by Crippen LogP contribution is 2.15. The molecule has 0 radical (unpaired) electrons. The zero-order chi connectivity index (χ0) is 16.0. The molecule has 1 aromatic rings. The zero-order valence-corrected chi connectivity index (χ0v) is 12.6. The largest absolute Gasteiger partial charge is 0.478 e. The third-order valence-electron chi connectivity index (χ3n) is 2.68. The van der Waals surface area contributed by atoms with E-state index in [-0.39, 0.29) is 30.0 Å². The molecule has 0 unspecified atom stereocenters. The summed E-state index contributed by atoms with van der Waals surface area (Å²) < 4.78 is 30.9. The first-order valence-corrected chi connectivity index (χ1v) is 7.75. The van der Waals surface area contributed by atoms with Crippen molar-refractivity contribution in [1.82, 2.24) is 4.72 Å². The number of ether oxygens (including phenoxy) is 1. The van der Waals surface area contributed by atoms with E-state index in [1.807, 2.05) is 0 Å². The molecule has 1 rings (SSSR count). The molecule has 0 heterocycles. The van der Waals surface area contributed by atoms with E-state index in [0.717, 1.165) is 6.07 Å². The summed E-state index contributed by atoms with van der Waals surface area (Å²) in [5.74, 6) is -1.70. The van der Waals surface area contributed by atoms with Gasteiger partial charge in [-0.15, -0.1) is 0 Å². The highest BCUT2D eigenvalue weighted by Gasteiger charge is 2.17. The number of carbonyl (C=O) groups excluding carboxylic acids is 1. The van der Waals surface area contributed by atoms with E-state index in [4.69, 9.17) is 5.11 Å². The molecule has 0 aliphatic heterocycles.